The maximum atomic E-state index is 3.79. The van der Waals surface area contributed by atoms with Gasteiger partial charge >= 0.3 is 0 Å². The van der Waals surface area contributed by atoms with Crippen LogP contribution in [0.4, 0.5) is 0 Å². The highest BCUT2D eigenvalue weighted by Gasteiger charge is 2.22. The summed E-state index contributed by atoms with van der Waals surface area (Å²) >= 11 is 0. The molecule has 0 saturated heterocycles. The van der Waals surface area contributed by atoms with E-state index in [0.29, 0.717) is 0 Å². The standard InChI is InChI=1S/C12H22.C2H6/c1-3-5-8-11(4-2)12-9-6-7-10-12;1-2/h3,11-12H,1,4-10H2,2H3;1-2H3. The third-order valence-electron chi connectivity index (χ3n) is 3.33. The molecular weight excluding hydrogens is 168 g/mol. The Kier molecular flexibility index (Phi) is 9.13. The molecule has 0 aliphatic heterocycles. The van der Waals surface area contributed by atoms with Crippen LogP contribution >= 0.6 is 0 Å². The Balaban J connectivity index is 0.000000791. The van der Waals surface area contributed by atoms with Gasteiger partial charge in [-0.3, -0.25) is 0 Å². The van der Waals surface area contributed by atoms with Crippen molar-refractivity contribution in [3.05, 3.63) is 12.7 Å². The lowest BCUT2D eigenvalue weighted by molar-refractivity contribution is 0.311. The van der Waals surface area contributed by atoms with Gasteiger partial charge in [-0.05, 0) is 24.7 Å². The molecule has 0 radical (unpaired) electrons. The van der Waals surface area contributed by atoms with Gasteiger partial charge in [-0.2, -0.15) is 0 Å². The first-order valence-corrected chi connectivity index (χ1v) is 6.49. The Labute approximate surface area is 90.8 Å². The number of allylic oxidation sites excluding steroid dienone is 1. The normalized spacial score (nSPS) is 18.5. The van der Waals surface area contributed by atoms with Crippen molar-refractivity contribution < 1.29 is 0 Å². The molecule has 1 fully saturated rings. The highest BCUT2D eigenvalue weighted by Crippen LogP contribution is 2.35. The summed E-state index contributed by atoms with van der Waals surface area (Å²) in [4.78, 5) is 0. The van der Waals surface area contributed by atoms with E-state index in [-0.39, 0.29) is 0 Å². The summed E-state index contributed by atoms with van der Waals surface area (Å²) < 4.78 is 0. The molecule has 0 spiro atoms. The van der Waals surface area contributed by atoms with Crippen LogP contribution in [0.5, 0.6) is 0 Å². The van der Waals surface area contributed by atoms with Gasteiger partial charge < -0.3 is 0 Å². The van der Waals surface area contributed by atoms with Crippen molar-refractivity contribution in [1.82, 2.24) is 0 Å². The highest BCUT2D eigenvalue weighted by atomic mass is 14.3. The van der Waals surface area contributed by atoms with Gasteiger partial charge in [0, 0.05) is 0 Å². The first-order valence-electron chi connectivity index (χ1n) is 6.49. The van der Waals surface area contributed by atoms with Crippen LogP contribution in [0.25, 0.3) is 0 Å². The summed E-state index contributed by atoms with van der Waals surface area (Å²) in [7, 11) is 0. The van der Waals surface area contributed by atoms with Crippen LogP contribution in [0, 0.1) is 11.8 Å². The van der Waals surface area contributed by atoms with Crippen molar-refractivity contribution in [3.63, 3.8) is 0 Å². The fourth-order valence-electron chi connectivity index (χ4n) is 2.53. The molecule has 84 valence electrons. The fraction of sp³-hybridized carbons (Fsp3) is 0.857. The molecule has 1 rings (SSSR count). The van der Waals surface area contributed by atoms with E-state index < -0.39 is 0 Å². The van der Waals surface area contributed by atoms with Crippen LogP contribution in [0.15, 0.2) is 12.7 Å². The summed E-state index contributed by atoms with van der Waals surface area (Å²) in [6.45, 7) is 10.1. The highest BCUT2D eigenvalue weighted by molar-refractivity contribution is 4.77. The molecule has 1 unspecified atom stereocenters. The molecule has 1 saturated carbocycles. The lowest BCUT2D eigenvalue weighted by atomic mass is 9.85. The zero-order valence-corrected chi connectivity index (χ0v) is 10.4. The van der Waals surface area contributed by atoms with Crippen LogP contribution in [0.3, 0.4) is 0 Å². The minimum absolute atomic E-state index is 0.991. The van der Waals surface area contributed by atoms with Gasteiger partial charge in [0.15, 0.2) is 0 Å². The molecule has 0 aromatic carbocycles. The van der Waals surface area contributed by atoms with Gasteiger partial charge in [-0.1, -0.05) is 59.0 Å². The largest absolute Gasteiger partial charge is 0.103 e. The third-order valence-corrected chi connectivity index (χ3v) is 3.33. The van der Waals surface area contributed by atoms with E-state index in [1.807, 2.05) is 13.8 Å². The predicted octanol–water partition coefficient (Wildman–Crippen LogP) is 5.20. The molecule has 14 heavy (non-hydrogen) atoms. The molecule has 0 nitrogen and oxygen atoms in total. The average Bonchev–Trinajstić information content (AvgIpc) is 2.76. The third kappa shape index (κ3) is 4.83. The van der Waals surface area contributed by atoms with Gasteiger partial charge in [0.05, 0.1) is 0 Å². The summed E-state index contributed by atoms with van der Waals surface area (Å²) in [5.74, 6) is 2.04. The second kappa shape index (κ2) is 9.30. The molecule has 0 amide bonds. The SMILES string of the molecule is C=CCCC(CC)C1CCCC1.CC. The fourth-order valence-corrected chi connectivity index (χ4v) is 2.53. The molecule has 0 heteroatoms. The Bertz CT molecular complexity index is 120. The molecule has 0 N–H and O–H groups in total. The van der Waals surface area contributed by atoms with Crippen molar-refractivity contribution >= 4 is 0 Å². The Morgan fingerprint density at radius 1 is 1.29 bits per heavy atom. The van der Waals surface area contributed by atoms with Gasteiger partial charge in [-0.25, -0.2) is 0 Å². The van der Waals surface area contributed by atoms with Gasteiger partial charge in [0.25, 0.3) is 0 Å². The Morgan fingerprint density at radius 3 is 2.29 bits per heavy atom. The van der Waals surface area contributed by atoms with E-state index in [2.05, 4.69) is 19.6 Å². The summed E-state index contributed by atoms with van der Waals surface area (Å²) in [6, 6.07) is 0. The molecule has 1 atom stereocenters. The molecule has 0 aromatic heterocycles. The van der Waals surface area contributed by atoms with Crippen molar-refractivity contribution in [2.24, 2.45) is 11.8 Å². The lowest BCUT2D eigenvalue weighted by Crippen LogP contribution is -2.10. The minimum atomic E-state index is 0.991. The maximum Gasteiger partial charge on any atom is -0.0351 e. The summed E-state index contributed by atoms with van der Waals surface area (Å²) in [6.07, 6.45) is 12.0. The quantitative estimate of drug-likeness (QED) is 0.530. The van der Waals surface area contributed by atoms with Crippen molar-refractivity contribution in [3.8, 4) is 0 Å². The first-order chi connectivity index (χ1) is 6.88. The second-order valence-corrected chi connectivity index (χ2v) is 4.08. The smallest absolute Gasteiger partial charge is 0.0351 e. The second-order valence-electron chi connectivity index (χ2n) is 4.08. The average molecular weight is 196 g/mol. The van der Waals surface area contributed by atoms with Gasteiger partial charge in [-0.15, -0.1) is 6.58 Å². The maximum absolute atomic E-state index is 3.79. The van der Waals surface area contributed by atoms with Crippen molar-refractivity contribution in [2.75, 3.05) is 0 Å². The van der Waals surface area contributed by atoms with Crippen LogP contribution < -0.4 is 0 Å². The molecule has 0 aromatic rings. The molecule has 1 aliphatic rings. The molecule has 1 aliphatic carbocycles. The first kappa shape index (κ1) is 13.7. The predicted molar refractivity (Wildman–Crippen MR) is 66.5 cm³/mol. The molecule has 0 heterocycles. The van der Waals surface area contributed by atoms with E-state index >= 15 is 0 Å². The van der Waals surface area contributed by atoms with Gasteiger partial charge in [0.2, 0.25) is 0 Å². The van der Waals surface area contributed by atoms with E-state index in [0.717, 1.165) is 11.8 Å². The molecular formula is C14H28. The lowest BCUT2D eigenvalue weighted by Gasteiger charge is -2.20. The zero-order valence-electron chi connectivity index (χ0n) is 10.4. The van der Waals surface area contributed by atoms with Crippen LogP contribution in [-0.2, 0) is 0 Å². The minimum Gasteiger partial charge on any atom is -0.103 e. The van der Waals surface area contributed by atoms with E-state index in [9.17, 15) is 0 Å². The summed E-state index contributed by atoms with van der Waals surface area (Å²) in [5.41, 5.74) is 0. The Hall–Kier alpha value is -0.260. The van der Waals surface area contributed by atoms with Crippen LogP contribution in [0.2, 0.25) is 0 Å². The monoisotopic (exact) mass is 196 g/mol. The van der Waals surface area contributed by atoms with Gasteiger partial charge in [0.1, 0.15) is 0 Å². The van der Waals surface area contributed by atoms with Crippen molar-refractivity contribution in [1.29, 1.82) is 0 Å². The number of hydrogen-bond donors (Lipinski definition) is 0. The summed E-state index contributed by atoms with van der Waals surface area (Å²) in [5, 5.41) is 0. The van der Waals surface area contributed by atoms with E-state index in [1.54, 1.807) is 0 Å². The topological polar surface area (TPSA) is 0 Å². The van der Waals surface area contributed by atoms with E-state index in [4.69, 9.17) is 0 Å². The zero-order chi connectivity index (χ0) is 10.8. The number of hydrogen-bond acceptors (Lipinski definition) is 0. The van der Waals surface area contributed by atoms with E-state index in [1.165, 1.54) is 44.9 Å². The number of rotatable bonds is 5. The van der Waals surface area contributed by atoms with Crippen molar-refractivity contribution in [2.45, 2.75) is 65.7 Å². The Morgan fingerprint density at radius 2 is 1.86 bits per heavy atom. The van der Waals surface area contributed by atoms with Crippen LogP contribution in [-0.4, -0.2) is 0 Å². The molecule has 0 bridgehead atoms. The van der Waals surface area contributed by atoms with Crippen LogP contribution in [0.1, 0.15) is 65.7 Å².